The standard InChI is InChI=1S/C23H30N6O3/c24-16-27-29-11-12-30-23-6-5-22(13-19(23)14-29)31-15-18-1-3-20(4-2-18)32-21-7-9-28(10-8-21)17-26-25/h1-6,13,16-17,21H,7-12,14-15,25H2,(H2,24,27). The van der Waals surface area contributed by atoms with Gasteiger partial charge in [-0.05, 0) is 35.9 Å². The number of rotatable bonds is 7. The molecule has 0 bridgehead atoms. The van der Waals surface area contributed by atoms with E-state index in [9.17, 15) is 0 Å². The summed E-state index contributed by atoms with van der Waals surface area (Å²) in [6.45, 7) is 4.17. The highest BCUT2D eigenvalue weighted by Gasteiger charge is 2.19. The summed E-state index contributed by atoms with van der Waals surface area (Å²) in [6.07, 6.45) is 5.11. The van der Waals surface area contributed by atoms with Crippen molar-refractivity contribution >= 4 is 12.7 Å². The van der Waals surface area contributed by atoms with Crippen LogP contribution in [0.1, 0.15) is 24.0 Å². The molecule has 9 heteroatoms. The predicted octanol–water partition coefficient (Wildman–Crippen LogP) is 2.11. The van der Waals surface area contributed by atoms with E-state index in [0.717, 1.165) is 54.3 Å². The molecule has 2 heterocycles. The minimum Gasteiger partial charge on any atom is -0.491 e. The normalized spacial score (nSPS) is 17.2. The Hall–Kier alpha value is -3.62. The van der Waals surface area contributed by atoms with Crippen LogP contribution in [-0.2, 0) is 13.2 Å². The SMILES string of the molecule is NC=NN1CCOc2ccc(OCc3ccc(OC4CCN(C=NN)CC4)cc3)cc2C1. The molecular weight excluding hydrogens is 408 g/mol. The van der Waals surface area contributed by atoms with E-state index in [1.54, 1.807) is 6.34 Å². The Morgan fingerprint density at radius 2 is 1.84 bits per heavy atom. The third kappa shape index (κ3) is 5.75. The molecule has 0 aromatic heterocycles. The van der Waals surface area contributed by atoms with Crippen LogP contribution in [0.15, 0.2) is 52.7 Å². The molecule has 0 amide bonds. The van der Waals surface area contributed by atoms with Gasteiger partial charge in [0.1, 0.15) is 49.2 Å². The summed E-state index contributed by atoms with van der Waals surface area (Å²) in [7, 11) is 0. The second-order valence-corrected chi connectivity index (χ2v) is 7.82. The van der Waals surface area contributed by atoms with Crippen LogP contribution in [-0.4, -0.2) is 54.9 Å². The quantitative estimate of drug-likeness (QED) is 0.295. The summed E-state index contributed by atoms with van der Waals surface area (Å²) < 4.78 is 17.9. The maximum Gasteiger partial charge on any atom is 0.124 e. The van der Waals surface area contributed by atoms with Crippen molar-refractivity contribution < 1.29 is 14.2 Å². The van der Waals surface area contributed by atoms with Crippen molar-refractivity contribution in [2.24, 2.45) is 21.8 Å². The van der Waals surface area contributed by atoms with Crippen LogP contribution >= 0.6 is 0 Å². The van der Waals surface area contributed by atoms with E-state index in [-0.39, 0.29) is 6.10 Å². The van der Waals surface area contributed by atoms with Crippen molar-refractivity contribution in [1.82, 2.24) is 9.91 Å². The van der Waals surface area contributed by atoms with Crippen LogP contribution in [0.5, 0.6) is 17.2 Å². The number of nitrogens with two attached hydrogens (primary N) is 2. The zero-order valence-corrected chi connectivity index (χ0v) is 18.1. The summed E-state index contributed by atoms with van der Waals surface area (Å²) in [6, 6.07) is 14.0. The average Bonchev–Trinajstić information content (AvgIpc) is 3.02. The molecule has 0 aliphatic carbocycles. The fraction of sp³-hybridized carbons (Fsp3) is 0.391. The summed E-state index contributed by atoms with van der Waals surface area (Å²) in [4.78, 5) is 2.11. The van der Waals surface area contributed by atoms with E-state index < -0.39 is 0 Å². The zero-order chi connectivity index (χ0) is 22.2. The number of fused-ring (bicyclic) bond motifs is 1. The summed E-state index contributed by atoms with van der Waals surface area (Å²) in [5, 5.41) is 9.63. The molecule has 2 aromatic rings. The number of piperidine rings is 1. The maximum atomic E-state index is 6.12. The lowest BCUT2D eigenvalue weighted by Crippen LogP contribution is -2.37. The lowest BCUT2D eigenvalue weighted by Gasteiger charge is -2.30. The molecule has 0 atom stereocenters. The molecule has 2 aliphatic heterocycles. The summed E-state index contributed by atoms with van der Waals surface area (Å²) in [5.74, 6) is 7.74. The number of hydrogen-bond acceptors (Lipinski definition) is 7. The Bertz CT molecular complexity index is 926. The maximum absolute atomic E-state index is 6.12. The highest BCUT2D eigenvalue weighted by molar-refractivity contribution is 5.54. The molecule has 32 heavy (non-hydrogen) atoms. The molecular formula is C23H30N6O3. The Kier molecular flexibility index (Phi) is 7.16. The highest BCUT2D eigenvalue weighted by atomic mass is 16.5. The van der Waals surface area contributed by atoms with Gasteiger partial charge in [0.2, 0.25) is 0 Å². The number of nitrogens with zero attached hydrogens (tertiary/aromatic N) is 4. The fourth-order valence-corrected chi connectivity index (χ4v) is 3.87. The summed E-state index contributed by atoms with van der Waals surface area (Å²) in [5.41, 5.74) is 7.54. The van der Waals surface area contributed by atoms with Crippen molar-refractivity contribution in [3.8, 4) is 17.2 Å². The molecule has 2 aliphatic rings. The molecule has 170 valence electrons. The van der Waals surface area contributed by atoms with E-state index in [1.807, 2.05) is 47.5 Å². The first kappa shape index (κ1) is 21.6. The lowest BCUT2D eigenvalue weighted by molar-refractivity contribution is 0.132. The second kappa shape index (κ2) is 10.6. The Labute approximate surface area is 188 Å². The zero-order valence-electron chi connectivity index (χ0n) is 18.1. The number of hydrazone groups is 2. The van der Waals surface area contributed by atoms with Gasteiger partial charge in [0, 0.05) is 31.5 Å². The molecule has 4 rings (SSSR count). The highest BCUT2D eigenvalue weighted by Crippen LogP contribution is 2.28. The summed E-state index contributed by atoms with van der Waals surface area (Å²) >= 11 is 0. The fourth-order valence-electron chi connectivity index (χ4n) is 3.87. The van der Waals surface area contributed by atoms with Gasteiger partial charge in [-0.1, -0.05) is 12.1 Å². The van der Waals surface area contributed by atoms with Crippen LogP contribution in [0, 0.1) is 0 Å². The molecule has 9 nitrogen and oxygen atoms in total. The number of benzene rings is 2. The van der Waals surface area contributed by atoms with E-state index in [2.05, 4.69) is 15.1 Å². The van der Waals surface area contributed by atoms with Crippen LogP contribution in [0.4, 0.5) is 0 Å². The lowest BCUT2D eigenvalue weighted by atomic mass is 10.1. The Morgan fingerprint density at radius 3 is 2.59 bits per heavy atom. The van der Waals surface area contributed by atoms with Gasteiger partial charge in [0.25, 0.3) is 0 Å². The van der Waals surface area contributed by atoms with Crippen molar-refractivity contribution in [2.45, 2.75) is 32.1 Å². The van der Waals surface area contributed by atoms with E-state index in [0.29, 0.717) is 26.3 Å². The molecule has 2 aromatic carbocycles. The average molecular weight is 439 g/mol. The first-order valence-electron chi connectivity index (χ1n) is 10.8. The van der Waals surface area contributed by atoms with Gasteiger partial charge in [-0.15, -0.1) is 0 Å². The van der Waals surface area contributed by atoms with Crippen molar-refractivity contribution in [3.05, 3.63) is 53.6 Å². The van der Waals surface area contributed by atoms with Gasteiger partial charge < -0.3 is 30.7 Å². The van der Waals surface area contributed by atoms with Gasteiger partial charge >= 0.3 is 0 Å². The van der Waals surface area contributed by atoms with Crippen molar-refractivity contribution in [3.63, 3.8) is 0 Å². The predicted molar refractivity (Wildman–Crippen MR) is 124 cm³/mol. The monoisotopic (exact) mass is 438 g/mol. The molecule has 1 saturated heterocycles. The third-order valence-corrected chi connectivity index (χ3v) is 5.56. The number of likely N-dealkylation sites (tertiary alicyclic amines) is 1. The topological polar surface area (TPSA) is 111 Å². The molecule has 4 N–H and O–H groups in total. The van der Waals surface area contributed by atoms with Crippen molar-refractivity contribution in [2.75, 3.05) is 26.2 Å². The minimum atomic E-state index is 0.212. The molecule has 0 radical (unpaired) electrons. The number of hydrogen-bond donors (Lipinski definition) is 2. The largest absolute Gasteiger partial charge is 0.491 e. The minimum absolute atomic E-state index is 0.212. The Morgan fingerprint density at radius 1 is 1.06 bits per heavy atom. The molecule has 0 spiro atoms. The number of ether oxygens (including phenoxy) is 3. The molecule has 0 unspecified atom stereocenters. The van der Waals surface area contributed by atoms with Gasteiger partial charge in [0.15, 0.2) is 0 Å². The third-order valence-electron chi connectivity index (χ3n) is 5.56. The van der Waals surface area contributed by atoms with Gasteiger partial charge in [-0.3, -0.25) is 5.01 Å². The van der Waals surface area contributed by atoms with Gasteiger partial charge in [-0.25, -0.2) is 0 Å². The van der Waals surface area contributed by atoms with Gasteiger partial charge in [0.05, 0.1) is 13.1 Å². The second-order valence-electron chi connectivity index (χ2n) is 7.82. The van der Waals surface area contributed by atoms with Gasteiger partial charge in [-0.2, -0.15) is 10.2 Å². The van der Waals surface area contributed by atoms with E-state index in [4.69, 9.17) is 25.8 Å². The molecule has 0 saturated carbocycles. The first-order chi connectivity index (χ1) is 15.7. The van der Waals surface area contributed by atoms with Crippen LogP contribution < -0.4 is 25.8 Å². The van der Waals surface area contributed by atoms with Crippen LogP contribution in [0.2, 0.25) is 0 Å². The van der Waals surface area contributed by atoms with Crippen molar-refractivity contribution in [1.29, 1.82) is 0 Å². The first-order valence-corrected chi connectivity index (χ1v) is 10.8. The van der Waals surface area contributed by atoms with E-state index >= 15 is 0 Å². The van der Waals surface area contributed by atoms with Crippen LogP contribution in [0.3, 0.4) is 0 Å². The smallest absolute Gasteiger partial charge is 0.124 e. The Balaban J connectivity index is 1.29. The van der Waals surface area contributed by atoms with Crippen LogP contribution in [0.25, 0.3) is 0 Å². The van der Waals surface area contributed by atoms with E-state index in [1.165, 1.54) is 6.34 Å². The molecule has 1 fully saturated rings.